The van der Waals surface area contributed by atoms with E-state index in [2.05, 4.69) is 301 Å². The predicted molar refractivity (Wildman–Crippen MR) is 367 cm³/mol. The third-order valence-corrected chi connectivity index (χ3v) is 18.2. The van der Waals surface area contributed by atoms with Gasteiger partial charge in [-0.25, -0.2) is 0 Å². The van der Waals surface area contributed by atoms with Gasteiger partial charge >= 0.3 is 0 Å². The van der Waals surface area contributed by atoms with E-state index in [0.717, 1.165) is 0 Å². The first-order valence-electron chi connectivity index (χ1n) is 29.9. The standard InChI is InChI=1S/C84H72/c1-49-19-13-20-50(2)79(49)73-37-61-31-62(38-73)64-33-66(42-75(40-64)81-53(5)23-15-24-54(81)6)68-35-70(46-77(44-68)83-57(9)27-17-28-58(83)10)72-36-71(47-78(48-72)84-59(11)29-18-30-60(84)12)69-34-67(43-76(45-69)82-55(7)25-16-26-56(82)8)65-32-63(61)39-74(41-65)80-51(3)21-14-22-52(80)4/h13-48H,1-12H3. The zero-order chi connectivity index (χ0) is 58.2. The molecule has 0 spiro atoms. The summed E-state index contributed by atoms with van der Waals surface area (Å²) in [5, 5.41) is 14.1. The van der Waals surface area contributed by atoms with Crippen LogP contribution in [0, 0.1) is 83.1 Å². The minimum absolute atomic E-state index is 1.18. The van der Waals surface area contributed by atoms with Crippen LogP contribution in [0.2, 0.25) is 0 Å². The van der Waals surface area contributed by atoms with Crippen LogP contribution < -0.4 is 0 Å². The number of benzene rings is 12. The first kappa shape index (κ1) is 53.9. The van der Waals surface area contributed by atoms with Crippen LogP contribution in [-0.2, 0) is 0 Å². The van der Waals surface area contributed by atoms with Crippen LogP contribution in [0.25, 0.3) is 131 Å². The molecule has 0 nitrogen and oxygen atoms in total. The zero-order valence-electron chi connectivity index (χ0n) is 50.8. The van der Waals surface area contributed by atoms with Gasteiger partial charge in [0.15, 0.2) is 0 Å². The molecule has 0 aliphatic rings. The lowest BCUT2D eigenvalue weighted by molar-refractivity contribution is 1.38. The van der Waals surface area contributed by atoms with Crippen LogP contribution in [-0.4, -0.2) is 0 Å². The number of rotatable bonds is 6. The highest BCUT2D eigenvalue weighted by molar-refractivity contribution is 6.08. The molecule has 0 aliphatic heterocycles. The molecule has 0 atom stereocenters. The molecule has 0 unspecified atom stereocenters. The zero-order valence-corrected chi connectivity index (χ0v) is 50.8. The van der Waals surface area contributed by atoms with Crippen LogP contribution in [0.5, 0.6) is 0 Å². The van der Waals surface area contributed by atoms with Gasteiger partial charge in [0.05, 0.1) is 0 Å². The highest BCUT2D eigenvalue weighted by Gasteiger charge is 2.17. The van der Waals surface area contributed by atoms with Gasteiger partial charge in [-0.15, -0.1) is 0 Å². The van der Waals surface area contributed by atoms with Gasteiger partial charge in [-0.05, 0) is 390 Å². The fourth-order valence-electron chi connectivity index (χ4n) is 14.3. The second kappa shape index (κ2) is 21.4. The Bertz CT molecular complexity index is 3940. The Kier molecular flexibility index (Phi) is 13.8. The average molecular weight is 1080 g/mol. The topological polar surface area (TPSA) is 0 Å². The van der Waals surface area contributed by atoms with Gasteiger partial charge in [-0.1, -0.05) is 109 Å². The first-order valence-corrected chi connectivity index (χ1v) is 29.9. The molecule has 0 fully saturated rings. The Morgan fingerprint density at radius 3 is 0.321 bits per heavy atom. The summed E-state index contributed by atoms with van der Waals surface area (Å²) in [6.45, 7) is 27.2. The summed E-state index contributed by atoms with van der Waals surface area (Å²) in [6, 6.07) is 84.6. The van der Waals surface area contributed by atoms with E-state index in [-0.39, 0.29) is 0 Å². The van der Waals surface area contributed by atoms with Gasteiger partial charge in [0.2, 0.25) is 0 Å². The molecule has 0 saturated heterocycles. The fourth-order valence-corrected chi connectivity index (χ4v) is 14.3. The van der Waals surface area contributed by atoms with E-state index in [1.54, 1.807) is 0 Å². The molecule has 13 aromatic rings. The Morgan fingerprint density at radius 2 is 0.226 bits per heavy atom. The van der Waals surface area contributed by atoms with Crippen molar-refractivity contribution in [3.63, 3.8) is 0 Å². The average Bonchev–Trinajstić information content (AvgIpc) is 3.66. The smallest absolute Gasteiger partial charge is 0.0125 e. The number of fused-ring (bicyclic) bond motifs is 18. The molecule has 12 bridgehead atoms. The molecule has 0 heterocycles. The molecular weight excluding hydrogens is 1010 g/mol. The maximum atomic E-state index is 2.47. The van der Waals surface area contributed by atoms with Gasteiger partial charge in [0.25, 0.3) is 0 Å². The summed E-state index contributed by atoms with van der Waals surface area (Å²) >= 11 is 0. The van der Waals surface area contributed by atoms with Gasteiger partial charge in [0, 0.05) is 0 Å². The normalized spacial score (nSPS) is 11.6. The van der Waals surface area contributed by atoms with Crippen LogP contribution in [0.4, 0.5) is 0 Å². The van der Waals surface area contributed by atoms with Crippen molar-refractivity contribution in [3.8, 4) is 66.8 Å². The van der Waals surface area contributed by atoms with E-state index in [1.807, 2.05) is 0 Å². The van der Waals surface area contributed by atoms with Crippen molar-refractivity contribution in [3.05, 3.63) is 285 Å². The minimum Gasteiger partial charge on any atom is -0.0617 e. The predicted octanol–water partition coefficient (Wildman–Crippen LogP) is 24.0. The second-order valence-corrected chi connectivity index (χ2v) is 24.4. The quantitative estimate of drug-likeness (QED) is 0.156. The maximum absolute atomic E-state index is 2.47. The molecule has 0 aromatic heterocycles. The third-order valence-electron chi connectivity index (χ3n) is 18.2. The number of aryl methyl sites for hydroxylation is 12. The molecule has 0 heteroatoms. The summed E-state index contributed by atoms with van der Waals surface area (Å²) in [5.74, 6) is 0. The minimum atomic E-state index is 1.18. The van der Waals surface area contributed by atoms with E-state index in [9.17, 15) is 0 Å². The highest BCUT2D eigenvalue weighted by Crippen LogP contribution is 2.42. The Morgan fingerprint density at radius 1 is 0.131 bits per heavy atom. The van der Waals surface area contributed by atoms with Crippen molar-refractivity contribution in [1.82, 2.24) is 0 Å². The molecule has 408 valence electrons. The molecule has 0 aliphatic carbocycles. The van der Waals surface area contributed by atoms with Crippen molar-refractivity contribution in [2.24, 2.45) is 0 Å². The van der Waals surface area contributed by atoms with E-state index < -0.39 is 0 Å². The second-order valence-electron chi connectivity index (χ2n) is 24.4. The molecule has 0 radical (unpaired) electrons. The summed E-state index contributed by atoms with van der Waals surface area (Å²) in [4.78, 5) is 0. The largest absolute Gasteiger partial charge is 0.0617 e. The molecule has 13 rings (SSSR count). The Balaban J connectivity index is 1.33. The third kappa shape index (κ3) is 9.84. The van der Waals surface area contributed by atoms with Crippen molar-refractivity contribution in [2.45, 2.75) is 83.1 Å². The van der Waals surface area contributed by atoms with Crippen molar-refractivity contribution >= 4 is 64.6 Å². The maximum Gasteiger partial charge on any atom is -0.0125 e. The monoisotopic (exact) mass is 1080 g/mol. The highest BCUT2D eigenvalue weighted by atomic mass is 14.2. The van der Waals surface area contributed by atoms with Crippen molar-refractivity contribution in [2.75, 3.05) is 0 Å². The van der Waals surface area contributed by atoms with Gasteiger partial charge < -0.3 is 0 Å². The van der Waals surface area contributed by atoms with Crippen LogP contribution >= 0.6 is 0 Å². The molecular formula is C84H72. The lowest BCUT2D eigenvalue weighted by Gasteiger charge is -2.16. The van der Waals surface area contributed by atoms with Gasteiger partial charge in [-0.2, -0.15) is 0 Å². The van der Waals surface area contributed by atoms with Crippen LogP contribution in [0.1, 0.15) is 66.8 Å². The van der Waals surface area contributed by atoms with E-state index in [1.165, 1.54) is 198 Å². The molecule has 84 heavy (non-hydrogen) atoms. The van der Waals surface area contributed by atoms with Gasteiger partial charge in [-0.3, -0.25) is 0 Å². The first-order chi connectivity index (χ1) is 40.5. The van der Waals surface area contributed by atoms with E-state index in [0.29, 0.717) is 0 Å². The summed E-state index contributed by atoms with van der Waals surface area (Å²) < 4.78 is 0. The van der Waals surface area contributed by atoms with Crippen LogP contribution in [0.15, 0.2) is 218 Å². The Labute approximate surface area is 496 Å². The van der Waals surface area contributed by atoms with Crippen molar-refractivity contribution in [1.29, 1.82) is 0 Å². The Hall–Kier alpha value is -9.36. The molecule has 0 saturated carbocycles. The number of hydrogen-bond acceptors (Lipinski definition) is 0. The lowest BCUT2D eigenvalue weighted by Crippen LogP contribution is -1.91. The summed E-state index contributed by atoms with van der Waals surface area (Å²) in [6.07, 6.45) is 0. The number of hydrogen-bond donors (Lipinski definition) is 0. The molecule has 13 aromatic carbocycles. The van der Waals surface area contributed by atoms with E-state index >= 15 is 0 Å². The molecule has 0 N–H and O–H groups in total. The van der Waals surface area contributed by atoms with E-state index in [4.69, 9.17) is 0 Å². The van der Waals surface area contributed by atoms with Crippen molar-refractivity contribution < 1.29 is 0 Å². The fraction of sp³-hybridized carbons (Fsp3) is 0.143. The SMILES string of the molecule is Cc1cccc(C)c1-c1cc2cc(c1)c1cc(-c3c(C)cccc3C)cc(c1)c1cc(-c3c(C)cccc3C)cc(c1)c1cc(-c3c(C)cccc3C)cc(c1)c1cc(-c3c(C)cccc3C)cc(c1)c1cc(-c3c(C)cccc3C)cc2c1. The summed E-state index contributed by atoms with van der Waals surface area (Å²) in [5.41, 5.74) is 30.1. The summed E-state index contributed by atoms with van der Waals surface area (Å²) in [7, 11) is 0. The van der Waals surface area contributed by atoms with Crippen LogP contribution in [0.3, 0.4) is 0 Å². The lowest BCUT2D eigenvalue weighted by atomic mass is 9.88. The van der Waals surface area contributed by atoms with Gasteiger partial charge in [0.1, 0.15) is 0 Å². The molecule has 0 amide bonds.